The average molecular weight is 205 g/mol. The van der Waals surface area contributed by atoms with Gasteiger partial charge in [-0.1, -0.05) is 6.07 Å². The molecule has 0 atom stereocenters. The Labute approximate surface area is 79.2 Å². The van der Waals surface area contributed by atoms with Crippen LogP contribution in [0.5, 0.6) is 11.5 Å². The first-order valence-electron chi connectivity index (χ1n) is 3.77. The molecule has 5 heteroatoms. The van der Waals surface area contributed by atoms with E-state index in [-0.39, 0.29) is 5.75 Å². The van der Waals surface area contributed by atoms with E-state index in [0.717, 1.165) is 0 Å². The minimum atomic E-state index is -4.34. The first-order valence-corrected chi connectivity index (χ1v) is 3.77. The van der Waals surface area contributed by atoms with Gasteiger partial charge in [-0.3, -0.25) is 0 Å². The molecule has 0 N–H and O–H groups in total. The largest absolute Gasteiger partial charge is 0.496 e. The van der Waals surface area contributed by atoms with Crippen LogP contribution in [0.15, 0.2) is 18.2 Å². The highest BCUT2D eigenvalue weighted by Gasteiger charge is 2.28. The summed E-state index contributed by atoms with van der Waals surface area (Å²) < 4.78 is 44.5. The molecule has 1 aromatic carbocycles. The highest BCUT2D eigenvalue weighted by atomic mass is 19.4. The summed E-state index contributed by atoms with van der Waals surface area (Å²) in [6.07, 6.45) is -4.34. The molecule has 0 aliphatic heterocycles. The third-order valence-corrected chi connectivity index (χ3v) is 1.35. The number of methoxy groups -OCH3 is 1. The van der Waals surface area contributed by atoms with Gasteiger partial charge >= 0.3 is 6.18 Å². The number of halogens is 3. The number of alkyl halides is 3. The number of rotatable bonds is 3. The summed E-state index contributed by atoms with van der Waals surface area (Å²) in [5.41, 5.74) is 0. The quantitative estimate of drug-likeness (QED) is 0.754. The van der Waals surface area contributed by atoms with Crippen LogP contribution in [-0.4, -0.2) is 19.9 Å². The van der Waals surface area contributed by atoms with Crippen molar-refractivity contribution in [2.45, 2.75) is 6.18 Å². The van der Waals surface area contributed by atoms with Crippen molar-refractivity contribution in [1.29, 1.82) is 0 Å². The standard InChI is InChI=1S/C9H8F3O2/c1-13-7-3-2-4-8(5-7)14-6-9(10,11)12/h2-4H,6H2,1H3. The molecule has 0 aliphatic carbocycles. The molecule has 0 saturated carbocycles. The second-order valence-electron chi connectivity index (χ2n) is 2.49. The van der Waals surface area contributed by atoms with Gasteiger partial charge in [-0.05, 0) is 12.1 Å². The van der Waals surface area contributed by atoms with Gasteiger partial charge in [0.1, 0.15) is 11.5 Å². The summed E-state index contributed by atoms with van der Waals surface area (Å²) in [6, 6.07) is 7.00. The highest BCUT2D eigenvalue weighted by Crippen LogP contribution is 2.21. The van der Waals surface area contributed by atoms with Crippen molar-refractivity contribution in [2.24, 2.45) is 0 Å². The minimum absolute atomic E-state index is 0.0154. The van der Waals surface area contributed by atoms with Crippen LogP contribution in [0, 0.1) is 6.07 Å². The zero-order chi connectivity index (χ0) is 10.6. The lowest BCUT2D eigenvalue weighted by Gasteiger charge is -2.09. The van der Waals surface area contributed by atoms with Crippen LogP contribution in [-0.2, 0) is 0 Å². The molecule has 0 spiro atoms. The second kappa shape index (κ2) is 4.21. The van der Waals surface area contributed by atoms with Gasteiger partial charge in [0.05, 0.1) is 13.2 Å². The van der Waals surface area contributed by atoms with Gasteiger partial charge in [0.15, 0.2) is 6.61 Å². The van der Waals surface area contributed by atoms with E-state index < -0.39 is 12.8 Å². The van der Waals surface area contributed by atoms with Crippen LogP contribution in [0.25, 0.3) is 0 Å². The molecule has 14 heavy (non-hydrogen) atoms. The van der Waals surface area contributed by atoms with Crippen molar-refractivity contribution in [3.05, 3.63) is 24.3 Å². The molecule has 1 radical (unpaired) electrons. The smallest absolute Gasteiger partial charge is 0.422 e. The van der Waals surface area contributed by atoms with Crippen molar-refractivity contribution in [3.63, 3.8) is 0 Å². The maximum Gasteiger partial charge on any atom is 0.422 e. The zero-order valence-corrected chi connectivity index (χ0v) is 7.39. The first kappa shape index (κ1) is 10.7. The number of hydrogen-bond donors (Lipinski definition) is 0. The molecule has 0 amide bonds. The maximum absolute atomic E-state index is 11.8. The zero-order valence-electron chi connectivity index (χ0n) is 7.39. The topological polar surface area (TPSA) is 18.5 Å². The fraction of sp³-hybridized carbons (Fsp3) is 0.333. The lowest BCUT2D eigenvalue weighted by atomic mass is 10.3. The Bertz CT molecular complexity index is 296. The van der Waals surface area contributed by atoms with Crippen molar-refractivity contribution in [2.75, 3.05) is 13.7 Å². The monoisotopic (exact) mass is 205 g/mol. The molecule has 77 valence electrons. The molecule has 0 aliphatic rings. The average Bonchev–Trinajstić information content (AvgIpc) is 2.14. The fourth-order valence-corrected chi connectivity index (χ4v) is 0.791. The van der Waals surface area contributed by atoms with Crippen molar-refractivity contribution in [3.8, 4) is 11.5 Å². The Hall–Kier alpha value is -1.39. The molecule has 0 bridgehead atoms. The summed E-state index contributed by atoms with van der Waals surface area (Å²) in [7, 11) is 1.40. The lowest BCUT2D eigenvalue weighted by Crippen LogP contribution is -2.19. The summed E-state index contributed by atoms with van der Waals surface area (Å²) in [5, 5.41) is 0. The van der Waals surface area contributed by atoms with E-state index in [4.69, 9.17) is 4.74 Å². The van der Waals surface area contributed by atoms with Gasteiger partial charge in [0.25, 0.3) is 0 Å². The van der Waals surface area contributed by atoms with Crippen LogP contribution in [0.2, 0.25) is 0 Å². The van der Waals surface area contributed by atoms with Crippen LogP contribution in [0.3, 0.4) is 0 Å². The van der Waals surface area contributed by atoms with Crippen molar-refractivity contribution in [1.82, 2.24) is 0 Å². The summed E-state index contributed by atoms with van der Waals surface area (Å²) >= 11 is 0. The van der Waals surface area contributed by atoms with E-state index in [2.05, 4.69) is 10.8 Å². The van der Waals surface area contributed by atoms with Crippen LogP contribution < -0.4 is 9.47 Å². The fourth-order valence-electron chi connectivity index (χ4n) is 0.791. The van der Waals surface area contributed by atoms with E-state index in [1.165, 1.54) is 19.2 Å². The van der Waals surface area contributed by atoms with Gasteiger partial charge in [0, 0.05) is 0 Å². The summed E-state index contributed by atoms with van der Waals surface area (Å²) in [4.78, 5) is 0. The molecule has 0 aromatic heterocycles. The van der Waals surface area contributed by atoms with Crippen molar-refractivity contribution < 1.29 is 22.6 Å². The van der Waals surface area contributed by atoms with Crippen LogP contribution >= 0.6 is 0 Å². The molecule has 0 fully saturated rings. The van der Waals surface area contributed by atoms with Gasteiger partial charge in [-0.15, -0.1) is 0 Å². The third kappa shape index (κ3) is 3.55. The Morgan fingerprint density at radius 2 is 1.93 bits per heavy atom. The Kier molecular flexibility index (Phi) is 3.22. The van der Waals surface area contributed by atoms with Gasteiger partial charge in [0.2, 0.25) is 0 Å². The Morgan fingerprint density at radius 1 is 1.29 bits per heavy atom. The predicted octanol–water partition coefficient (Wildman–Crippen LogP) is 2.44. The molecular weight excluding hydrogens is 197 g/mol. The lowest BCUT2D eigenvalue weighted by molar-refractivity contribution is -0.153. The molecule has 1 rings (SSSR count). The molecular formula is C9H8F3O2. The number of ether oxygens (including phenoxy) is 2. The van der Waals surface area contributed by atoms with Crippen LogP contribution in [0.4, 0.5) is 13.2 Å². The van der Waals surface area contributed by atoms with Crippen molar-refractivity contribution >= 4 is 0 Å². The van der Waals surface area contributed by atoms with E-state index in [9.17, 15) is 13.2 Å². The Morgan fingerprint density at radius 3 is 2.50 bits per heavy atom. The Balaban J connectivity index is 2.59. The van der Waals surface area contributed by atoms with E-state index >= 15 is 0 Å². The normalized spacial score (nSPS) is 11.1. The van der Waals surface area contributed by atoms with E-state index in [1.807, 2.05) is 0 Å². The van der Waals surface area contributed by atoms with Gasteiger partial charge in [-0.25, -0.2) is 0 Å². The molecule has 0 unspecified atom stereocenters. The summed E-state index contributed by atoms with van der Waals surface area (Å²) in [5.74, 6) is 0.353. The SMILES string of the molecule is COc1[c]c(OCC(F)(F)F)ccc1. The molecule has 0 saturated heterocycles. The van der Waals surface area contributed by atoms with Gasteiger partial charge in [-0.2, -0.15) is 13.2 Å². The summed E-state index contributed by atoms with van der Waals surface area (Å²) in [6.45, 7) is -1.32. The number of benzene rings is 1. The van der Waals surface area contributed by atoms with E-state index in [1.54, 1.807) is 6.07 Å². The second-order valence-corrected chi connectivity index (χ2v) is 2.49. The number of hydrogen-bond acceptors (Lipinski definition) is 2. The minimum Gasteiger partial charge on any atom is -0.496 e. The first-order chi connectivity index (χ1) is 6.51. The highest BCUT2D eigenvalue weighted by molar-refractivity contribution is 5.30. The third-order valence-electron chi connectivity index (χ3n) is 1.35. The maximum atomic E-state index is 11.8. The molecule has 1 aromatic rings. The van der Waals surface area contributed by atoms with E-state index in [0.29, 0.717) is 5.75 Å². The van der Waals surface area contributed by atoms with Crippen LogP contribution in [0.1, 0.15) is 0 Å². The van der Waals surface area contributed by atoms with Gasteiger partial charge < -0.3 is 9.47 Å². The molecule has 2 nitrogen and oxygen atoms in total. The predicted molar refractivity (Wildman–Crippen MR) is 43.4 cm³/mol. The molecule has 0 heterocycles.